The van der Waals surface area contributed by atoms with Crippen molar-refractivity contribution >= 4 is 38.6 Å². The topological polar surface area (TPSA) is 123 Å². The maximum Gasteiger partial charge on any atom is 0.227 e. The summed E-state index contributed by atoms with van der Waals surface area (Å²) in [6.07, 6.45) is 4.49. The molecule has 1 aromatic carbocycles. The Morgan fingerprint density at radius 3 is 2.41 bits per heavy atom. The molecule has 1 aliphatic rings. The normalized spacial score (nSPS) is 13.7. The van der Waals surface area contributed by atoms with Crippen LogP contribution in [0, 0.1) is 17.5 Å². The predicted octanol–water partition coefficient (Wildman–Crippen LogP) is 6.15. The lowest BCUT2D eigenvalue weighted by molar-refractivity contribution is 0.122. The van der Waals surface area contributed by atoms with Gasteiger partial charge in [-0.05, 0) is 30.3 Å². The molecule has 5 heterocycles. The van der Waals surface area contributed by atoms with Gasteiger partial charge in [0.25, 0.3) is 0 Å². The Labute approximate surface area is 267 Å². The third-order valence-electron chi connectivity index (χ3n) is 7.07. The number of thiazole rings is 1. The molecule has 0 bridgehead atoms. The molecular formula is C31H28F3N7O3S2. The van der Waals surface area contributed by atoms with E-state index in [2.05, 4.69) is 25.3 Å². The number of benzene rings is 1. The van der Waals surface area contributed by atoms with Gasteiger partial charge < -0.3 is 15.0 Å². The van der Waals surface area contributed by atoms with Crippen LogP contribution in [-0.4, -0.2) is 59.6 Å². The average molecular weight is 668 g/mol. The maximum absolute atomic E-state index is 15.0. The van der Waals surface area contributed by atoms with Crippen LogP contribution < -0.4 is 10.2 Å². The first-order valence-corrected chi connectivity index (χ1v) is 16.8. The maximum atomic E-state index is 15.0. The third-order valence-corrected chi connectivity index (χ3v) is 10.1. The number of anilines is 3. The number of pyridine rings is 2. The van der Waals surface area contributed by atoms with E-state index in [4.69, 9.17) is 9.72 Å². The van der Waals surface area contributed by atoms with E-state index < -0.39 is 37.9 Å². The first-order valence-electron chi connectivity index (χ1n) is 14.3. The molecule has 0 atom stereocenters. The summed E-state index contributed by atoms with van der Waals surface area (Å²) in [6, 6.07) is 9.14. The molecule has 4 aromatic heterocycles. The molecule has 0 radical (unpaired) electrons. The largest absolute Gasteiger partial charge is 0.378 e. The van der Waals surface area contributed by atoms with Crippen LogP contribution >= 0.6 is 11.3 Å². The van der Waals surface area contributed by atoms with Crippen LogP contribution in [0.25, 0.3) is 21.8 Å². The van der Waals surface area contributed by atoms with Gasteiger partial charge in [-0.1, -0.05) is 19.9 Å². The number of rotatable bonds is 9. The van der Waals surface area contributed by atoms with Crippen LogP contribution in [0.2, 0.25) is 0 Å². The Morgan fingerprint density at radius 2 is 1.70 bits per heavy atom. The lowest BCUT2D eigenvalue weighted by Crippen LogP contribution is -2.37. The Morgan fingerprint density at radius 1 is 0.957 bits per heavy atom. The van der Waals surface area contributed by atoms with Crippen molar-refractivity contribution in [2.75, 3.05) is 36.5 Å². The zero-order valence-electron chi connectivity index (χ0n) is 24.7. The second kappa shape index (κ2) is 13.1. The van der Waals surface area contributed by atoms with Gasteiger partial charge in [0.1, 0.15) is 16.5 Å². The first kappa shape index (κ1) is 31.5. The third kappa shape index (κ3) is 6.71. The highest BCUT2D eigenvalue weighted by molar-refractivity contribution is 7.90. The Hall–Kier alpha value is -4.47. The molecule has 0 unspecified atom stereocenters. The SMILES string of the molecule is CC(C)c1nc(-c2ccnc(CS(=O)(=O)c3c(F)cccc3F)c2)c(-c2ccnc(Nc3cnc(N4CCOCC4)c(F)c3)n2)s1. The summed E-state index contributed by atoms with van der Waals surface area (Å²) < 4.78 is 74.9. The molecule has 5 aromatic rings. The van der Waals surface area contributed by atoms with Crippen molar-refractivity contribution in [1.29, 1.82) is 0 Å². The quantitative estimate of drug-likeness (QED) is 0.196. The highest BCUT2D eigenvalue weighted by Crippen LogP contribution is 2.39. The standard InChI is InChI=1S/C31H28F3N7O3S2/c1-18(2)30-40-26(19-6-8-35-21(14-19)17-46(42,43)28-22(32)4-3-5-23(28)33)27(45-30)25-7-9-36-31(39-25)38-20-15-24(34)29(37-16-20)41-10-12-44-13-11-41/h3-9,14-16,18H,10-13,17H2,1-2H3,(H,36,38,39). The van der Waals surface area contributed by atoms with Crippen molar-refractivity contribution in [3.63, 3.8) is 0 Å². The van der Waals surface area contributed by atoms with Gasteiger partial charge in [-0.15, -0.1) is 11.3 Å². The fourth-order valence-corrected chi connectivity index (χ4v) is 7.37. The molecule has 15 heteroatoms. The summed E-state index contributed by atoms with van der Waals surface area (Å²) in [7, 11) is -4.39. The zero-order chi connectivity index (χ0) is 32.4. The molecule has 238 valence electrons. The van der Waals surface area contributed by atoms with Gasteiger partial charge in [0.05, 0.1) is 57.8 Å². The summed E-state index contributed by atoms with van der Waals surface area (Å²) in [5.74, 6) is -3.01. The van der Waals surface area contributed by atoms with E-state index >= 15 is 0 Å². The number of nitrogens with one attached hydrogen (secondary N) is 1. The molecule has 0 amide bonds. The minimum Gasteiger partial charge on any atom is -0.378 e. The van der Waals surface area contributed by atoms with Gasteiger partial charge in [-0.3, -0.25) is 4.98 Å². The van der Waals surface area contributed by atoms with Gasteiger partial charge in [0.2, 0.25) is 5.95 Å². The number of halogens is 3. The number of nitrogens with zero attached hydrogens (tertiary/aromatic N) is 6. The average Bonchev–Trinajstić information content (AvgIpc) is 3.48. The molecule has 1 aliphatic heterocycles. The van der Waals surface area contributed by atoms with E-state index in [1.54, 1.807) is 18.3 Å². The molecule has 1 fully saturated rings. The molecule has 10 nitrogen and oxygen atoms in total. The van der Waals surface area contributed by atoms with Crippen LogP contribution in [-0.2, 0) is 20.3 Å². The van der Waals surface area contributed by atoms with Gasteiger partial charge in [0.15, 0.2) is 21.5 Å². The summed E-state index contributed by atoms with van der Waals surface area (Å²) in [4.78, 5) is 23.7. The Balaban J connectivity index is 1.30. The second-order valence-electron chi connectivity index (χ2n) is 10.7. The van der Waals surface area contributed by atoms with E-state index in [9.17, 15) is 21.6 Å². The fourth-order valence-electron chi connectivity index (χ4n) is 4.89. The number of aromatic nitrogens is 5. The molecule has 0 spiro atoms. The fraction of sp³-hybridized carbons (Fsp3) is 0.258. The van der Waals surface area contributed by atoms with Crippen molar-refractivity contribution in [3.05, 3.63) is 89.2 Å². The van der Waals surface area contributed by atoms with Crippen LogP contribution in [0.15, 0.2) is 66.0 Å². The Kier molecular flexibility index (Phi) is 8.97. The lowest BCUT2D eigenvalue weighted by atomic mass is 10.1. The number of ether oxygens (including phenoxy) is 1. The summed E-state index contributed by atoms with van der Waals surface area (Å²) in [6.45, 7) is 6.11. The second-order valence-corrected chi connectivity index (χ2v) is 13.7. The monoisotopic (exact) mass is 667 g/mol. The van der Waals surface area contributed by atoms with E-state index in [1.807, 2.05) is 18.7 Å². The van der Waals surface area contributed by atoms with Crippen LogP contribution in [0.3, 0.4) is 0 Å². The zero-order valence-corrected chi connectivity index (χ0v) is 26.4. The molecule has 1 N–H and O–H groups in total. The van der Waals surface area contributed by atoms with Crippen molar-refractivity contribution in [2.24, 2.45) is 0 Å². The van der Waals surface area contributed by atoms with Crippen molar-refractivity contribution in [1.82, 2.24) is 24.9 Å². The van der Waals surface area contributed by atoms with E-state index in [1.165, 1.54) is 35.9 Å². The minimum atomic E-state index is -4.39. The highest BCUT2D eigenvalue weighted by atomic mass is 32.2. The van der Waals surface area contributed by atoms with E-state index in [-0.39, 0.29) is 23.4 Å². The van der Waals surface area contributed by atoms with Gasteiger partial charge in [-0.25, -0.2) is 41.5 Å². The molecule has 6 rings (SSSR count). The number of hydrogen-bond donors (Lipinski definition) is 1. The summed E-state index contributed by atoms with van der Waals surface area (Å²) in [5, 5.41) is 3.82. The smallest absolute Gasteiger partial charge is 0.227 e. The van der Waals surface area contributed by atoms with Crippen molar-refractivity contribution in [2.45, 2.75) is 30.4 Å². The minimum absolute atomic E-state index is 0.0710. The summed E-state index contributed by atoms with van der Waals surface area (Å²) >= 11 is 1.42. The van der Waals surface area contributed by atoms with Crippen LogP contribution in [0.1, 0.15) is 30.5 Å². The molecule has 1 saturated heterocycles. The number of morpholine rings is 1. The molecule has 0 aliphatic carbocycles. The number of sulfone groups is 1. The van der Waals surface area contributed by atoms with Crippen LogP contribution in [0.4, 0.5) is 30.6 Å². The number of hydrogen-bond acceptors (Lipinski definition) is 11. The lowest BCUT2D eigenvalue weighted by Gasteiger charge is -2.28. The van der Waals surface area contributed by atoms with Gasteiger partial charge in [-0.2, -0.15) is 0 Å². The first-order chi connectivity index (χ1) is 22.1. The van der Waals surface area contributed by atoms with Crippen LogP contribution in [0.5, 0.6) is 0 Å². The van der Waals surface area contributed by atoms with E-state index in [0.717, 1.165) is 23.2 Å². The molecular weight excluding hydrogens is 640 g/mol. The summed E-state index contributed by atoms with van der Waals surface area (Å²) in [5.41, 5.74) is 2.05. The predicted molar refractivity (Wildman–Crippen MR) is 168 cm³/mol. The molecule has 0 saturated carbocycles. The van der Waals surface area contributed by atoms with E-state index in [0.29, 0.717) is 53.8 Å². The van der Waals surface area contributed by atoms with Gasteiger partial charge in [0, 0.05) is 43.0 Å². The molecule has 46 heavy (non-hydrogen) atoms. The Bertz CT molecular complexity index is 1980. The highest BCUT2D eigenvalue weighted by Gasteiger charge is 2.26. The van der Waals surface area contributed by atoms with Crippen molar-refractivity contribution in [3.8, 4) is 21.8 Å². The van der Waals surface area contributed by atoms with Crippen molar-refractivity contribution < 1.29 is 26.3 Å². The van der Waals surface area contributed by atoms with Gasteiger partial charge >= 0.3 is 0 Å².